The number of nitrogens with two attached hydrogens (primary N) is 1. The van der Waals surface area contributed by atoms with Crippen LogP contribution in [0.2, 0.25) is 0 Å². The van der Waals surface area contributed by atoms with Crippen molar-refractivity contribution in [2.24, 2.45) is 5.73 Å². The van der Waals surface area contributed by atoms with Crippen LogP contribution < -0.4 is 16.6 Å². The van der Waals surface area contributed by atoms with Crippen LogP contribution in [0, 0.1) is 0 Å². The van der Waals surface area contributed by atoms with Gasteiger partial charge < -0.3 is 15.6 Å². The summed E-state index contributed by atoms with van der Waals surface area (Å²) < 4.78 is 1.73. The summed E-state index contributed by atoms with van der Waals surface area (Å²) in [6.07, 6.45) is 3.77. The molecule has 0 aliphatic heterocycles. The zero-order chi connectivity index (χ0) is 11.1. The Bertz CT molecular complexity index is 346. The van der Waals surface area contributed by atoms with Gasteiger partial charge in [0.05, 0.1) is 5.69 Å². The van der Waals surface area contributed by atoms with Crippen molar-refractivity contribution in [3.63, 3.8) is 0 Å². The van der Waals surface area contributed by atoms with Gasteiger partial charge >= 0.3 is 0 Å². The molecule has 4 heteroatoms. The van der Waals surface area contributed by atoms with Gasteiger partial charge in [0.15, 0.2) is 0 Å². The maximum Gasteiger partial charge on any atom is 0.250 e. The highest BCUT2D eigenvalue weighted by molar-refractivity contribution is 5.40. The molecule has 0 spiro atoms. The summed E-state index contributed by atoms with van der Waals surface area (Å²) in [4.78, 5) is 11.4. The van der Waals surface area contributed by atoms with Gasteiger partial charge in [0, 0.05) is 25.4 Å². The number of hydrogen-bond acceptors (Lipinski definition) is 3. The van der Waals surface area contributed by atoms with Crippen LogP contribution in [0.15, 0.2) is 23.1 Å². The SMILES string of the molecule is CCCn1cc(NCCCN)ccc1=O. The third-order valence-corrected chi connectivity index (χ3v) is 2.16. The molecule has 15 heavy (non-hydrogen) atoms. The van der Waals surface area contributed by atoms with Crippen LogP contribution in [-0.4, -0.2) is 17.7 Å². The van der Waals surface area contributed by atoms with Gasteiger partial charge in [-0.1, -0.05) is 6.92 Å². The molecule has 0 bridgehead atoms. The molecule has 0 saturated carbocycles. The summed E-state index contributed by atoms with van der Waals surface area (Å²) in [6, 6.07) is 3.41. The highest BCUT2D eigenvalue weighted by Gasteiger charge is 1.96. The Hall–Kier alpha value is -1.29. The van der Waals surface area contributed by atoms with Crippen molar-refractivity contribution in [2.75, 3.05) is 18.4 Å². The molecule has 0 aliphatic carbocycles. The van der Waals surface area contributed by atoms with Gasteiger partial charge in [0.2, 0.25) is 0 Å². The fourth-order valence-corrected chi connectivity index (χ4v) is 1.39. The van der Waals surface area contributed by atoms with Crippen LogP contribution >= 0.6 is 0 Å². The van der Waals surface area contributed by atoms with Gasteiger partial charge in [0.1, 0.15) is 0 Å². The summed E-state index contributed by atoms with van der Waals surface area (Å²) in [5, 5.41) is 3.23. The third-order valence-electron chi connectivity index (χ3n) is 2.16. The predicted molar refractivity (Wildman–Crippen MR) is 63.2 cm³/mol. The number of aryl methyl sites for hydroxylation is 1. The van der Waals surface area contributed by atoms with E-state index in [9.17, 15) is 4.79 Å². The first-order valence-electron chi connectivity index (χ1n) is 5.42. The van der Waals surface area contributed by atoms with Gasteiger partial charge in [0.25, 0.3) is 5.56 Å². The van der Waals surface area contributed by atoms with E-state index in [2.05, 4.69) is 12.2 Å². The first-order chi connectivity index (χ1) is 7.27. The Labute approximate surface area is 90.1 Å². The zero-order valence-corrected chi connectivity index (χ0v) is 9.20. The predicted octanol–water partition coefficient (Wildman–Crippen LogP) is 1.02. The summed E-state index contributed by atoms with van der Waals surface area (Å²) >= 11 is 0. The highest BCUT2D eigenvalue weighted by atomic mass is 16.1. The molecule has 0 radical (unpaired) electrons. The molecule has 0 atom stereocenters. The van der Waals surface area contributed by atoms with Crippen molar-refractivity contribution in [3.8, 4) is 0 Å². The van der Waals surface area contributed by atoms with E-state index in [-0.39, 0.29) is 5.56 Å². The second-order valence-electron chi connectivity index (χ2n) is 3.52. The highest BCUT2D eigenvalue weighted by Crippen LogP contribution is 2.03. The third kappa shape index (κ3) is 3.75. The minimum absolute atomic E-state index is 0.0567. The molecule has 1 heterocycles. The molecule has 0 amide bonds. The number of aromatic nitrogens is 1. The Morgan fingerprint density at radius 3 is 2.93 bits per heavy atom. The second kappa shape index (κ2) is 6.24. The van der Waals surface area contributed by atoms with Crippen molar-refractivity contribution in [2.45, 2.75) is 26.3 Å². The van der Waals surface area contributed by atoms with E-state index in [1.54, 1.807) is 10.6 Å². The molecular formula is C11H19N3O. The van der Waals surface area contributed by atoms with Crippen LogP contribution in [0.25, 0.3) is 0 Å². The van der Waals surface area contributed by atoms with Crippen molar-refractivity contribution in [1.29, 1.82) is 0 Å². The molecular weight excluding hydrogens is 190 g/mol. The number of anilines is 1. The largest absolute Gasteiger partial charge is 0.384 e. The van der Waals surface area contributed by atoms with Crippen molar-refractivity contribution in [3.05, 3.63) is 28.7 Å². The van der Waals surface area contributed by atoms with Gasteiger partial charge in [-0.05, 0) is 25.5 Å². The fourth-order valence-electron chi connectivity index (χ4n) is 1.39. The number of nitrogens with one attached hydrogen (secondary N) is 1. The normalized spacial score (nSPS) is 10.3. The van der Waals surface area contributed by atoms with Crippen LogP contribution in [0.4, 0.5) is 5.69 Å². The standard InChI is InChI=1S/C11H19N3O/c1-2-8-14-9-10(4-5-11(14)15)13-7-3-6-12/h4-5,9,13H,2-3,6-8,12H2,1H3. The van der Waals surface area contributed by atoms with E-state index in [0.717, 1.165) is 31.6 Å². The molecule has 1 rings (SSSR count). The fraction of sp³-hybridized carbons (Fsp3) is 0.545. The maximum absolute atomic E-state index is 11.4. The first-order valence-corrected chi connectivity index (χ1v) is 5.42. The molecule has 0 saturated heterocycles. The average molecular weight is 209 g/mol. The lowest BCUT2D eigenvalue weighted by Crippen LogP contribution is -2.19. The van der Waals surface area contributed by atoms with Gasteiger partial charge in [-0.25, -0.2) is 0 Å². The molecule has 3 N–H and O–H groups in total. The topological polar surface area (TPSA) is 60.1 Å². The van der Waals surface area contributed by atoms with E-state index >= 15 is 0 Å². The summed E-state index contributed by atoms with van der Waals surface area (Å²) in [5.41, 5.74) is 6.44. The van der Waals surface area contributed by atoms with E-state index in [1.807, 2.05) is 12.3 Å². The number of nitrogens with zero attached hydrogens (tertiary/aromatic N) is 1. The summed E-state index contributed by atoms with van der Waals surface area (Å²) in [5.74, 6) is 0. The Morgan fingerprint density at radius 2 is 2.27 bits per heavy atom. The lowest BCUT2D eigenvalue weighted by atomic mass is 10.3. The van der Waals surface area contributed by atoms with Crippen LogP contribution in [-0.2, 0) is 6.54 Å². The van der Waals surface area contributed by atoms with Crippen LogP contribution in [0.3, 0.4) is 0 Å². The first kappa shape index (κ1) is 11.8. The van der Waals surface area contributed by atoms with Crippen molar-refractivity contribution in [1.82, 2.24) is 4.57 Å². The summed E-state index contributed by atoms with van der Waals surface area (Å²) in [6.45, 7) is 4.36. The molecule has 4 nitrogen and oxygen atoms in total. The molecule has 0 aliphatic rings. The van der Waals surface area contributed by atoms with Crippen molar-refractivity contribution < 1.29 is 0 Å². The van der Waals surface area contributed by atoms with Crippen LogP contribution in [0.5, 0.6) is 0 Å². The second-order valence-corrected chi connectivity index (χ2v) is 3.52. The minimum Gasteiger partial charge on any atom is -0.384 e. The Kier molecular flexibility index (Phi) is 4.90. The molecule has 84 valence electrons. The van der Waals surface area contributed by atoms with Crippen LogP contribution in [0.1, 0.15) is 19.8 Å². The molecule has 0 aromatic carbocycles. The number of pyridine rings is 1. The van der Waals surface area contributed by atoms with E-state index < -0.39 is 0 Å². The quantitative estimate of drug-likeness (QED) is 0.688. The van der Waals surface area contributed by atoms with Gasteiger partial charge in [-0.2, -0.15) is 0 Å². The summed E-state index contributed by atoms with van der Waals surface area (Å²) in [7, 11) is 0. The molecule has 1 aromatic heterocycles. The van der Waals surface area contributed by atoms with Crippen molar-refractivity contribution >= 4 is 5.69 Å². The smallest absolute Gasteiger partial charge is 0.250 e. The molecule has 1 aromatic rings. The number of rotatable bonds is 6. The average Bonchev–Trinajstić information content (AvgIpc) is 2.23. The zero-order valence-electron chi connectivity index (χ0n) is 9.20. The molecule has 0 fully saturated rings. The Balaban J connectivity index is 2.65. The maximum atomic E-state index is 11.4. The van der Waals surface area contributed by atoms with E-state index in [1.165, 1.54) is 0 Å². The lowest BCUT2D eigenvalue weighted by molar-refractivity contribution is 0.654. The minimum atomic E-state index is 0.0567. The lowest BCUT2D eigenvalue weighted by Gasteiger charge is -2.08. The van der Waals surface area contributed by atoms with Gasteiger partial charge in [-0.15, -0.1) is 0 Å². The molecule has 0 unspecified atom stereocenters. The Morgan fingerprint density at radius 1 is 1.47 bits per heavy atom. The van der Waals surface area contributed by atoms with Gasteiger partial charge in [-0.3, -0.25) is 4.79 Å². The monoisotopic (exact) mass is 209 g/mol. The van der Waals surface area contributed by atoms with E-state index in [4.69, 9.17) is 5.73 Å². The van der Waals surface area contributed by atoms with E-state index in [0.29, 0.717) is 6.54 Å². The number of hydrogen-bond donors (Lipinski definition) is 2.